The van der Waals surface area contributed by atoms with Crippen LogP contribution in [-0.4, -0.2) is 31.3 Å². The van der Waals surface area contributed by atoms with Crippen LogP contribution in [0.4, 0.5) is 5.69 Å². The number of rotatable bonds is 7. The number of carbonyl (C=O) groups excluding carboxylic acids is 1. The first-order valence-corrected chi connectivity index (χ1v) is 12.2. The number of sulfonamides is 1. The molecule has 2 aromatic rings. The van der Waals surface area contributed by atoms with E-state index in [0.717, 1.165) is 41.5 Å². The molecule has 1 N–H and O–H groups in total. The predicted molar refractivity (Wildman–Crippen MR) is 121 cm³/mol. The summed E-state index contributed by atoms with van der Waals surface area (Å²) in [6, 6.07) is 15.1. The average molecular weight is 428 g/mol. The number of aryl methyl sites for hydroxylation is 1. The van der Waals surface area contributed by atoms with Gasteiger partial charge in [-0.2, -0.15) is 5.10 Å². The van der Waals surface area contributed by atoms with Gasteiger partial charge in [-0.1, -0.05) is 50.2 Å². The van der Waals surface area contributed by atoms with E-state index >= 15 is 0 Å². The molecule has 0 aromatic heterocycles. The van der Waals surface area contributed by atoms with E-state index in [9.17, 15) is 13.2 Å². The van der Waals surface area contributed by atoms with Crippen LogP contribution in [0, 0.1) is 12.8 Å². The molecule has 0 saturated heterocycles. The van der Waals surface area contributed by atoms with Crippen LogP contribution < -0.4 is 4.72 Å². The van der Waals surface area contributed by atoms with Gasteiger partial charge in [0, 0.05) is 18.0 Å². The molecule has 0 spiro atoms. The summed E-state index contributed by atoms with van der Waals surface area (Å²) >= 11 is 0. The zero-order valence-corrected chi connectivity index (χ0v) is 18.7. The van der Waals surface area contributed by atoms with Crippen LogP contribution in [0.15, 0.2) is 53.6 Å². The maximum absolute atomic E-state index is 13.2. The van der Waals surface area contributed by atoms with Crippen LogP contribution in [0.5, 0.6) is 0 Å². The van der Waals surface area contributed by atoms with E-state index in [4.69, 9.17) is 5.10 Å². The molecule has 1 aliphatic heterocycles. The first-order chi connectivity index (χ1) is 14.2. The fourth-order valence-electron chi connectivity index (χ4n) is 3.86. The number of hydrogen-bond acceptors (Lipinski definition) is 4. The van der Waals surface area contributed by atoms with Crippen molar-refractivity contribution in [2.24, 2.45) is 11.0 Å². The van der Waals surface area contributed by atoms with E-state index in [0.29, 0.717) is 12.1 Å². The van der Waals surface area contributed by atoms with E-state index in [1.165, 1.54) is 0 Å². The molecule has 30 heavy (non-hydrogen) atoms. The summed E-state index contributed by atoms with van der Waals surface area (Å²) in [5, 5.41) is 6.40. The smallest absolute Gasteiger partial charge is 0.246 e. The van der Waals surface area contributed by atoms with Crippen LogP contribution in [0.3, 0.4) is 0 Å². The van der Waals surface area contributed by atoms with E-state index < -0.39 is 10.0 Å². The van der Waals surface area contributed by atoms with Crippen molar-refractivity contribution in [1.29, 1.82) is 0 Å². The van der Waals surface area contributed by atoms with Crippen molar-refractivity contribution in [3.05, 3.63) is 65.2 Å². The lowest BCUT2D eigenvalue weighted by Gasteiger charge is -2.26. The third kappa shape index (κ3) is 4.90. The molecule has 0 bridgehead atoms. The highest BCUT2D eigenvalue weighted by Crippen LogP contribution is 2.36. The Morgan fingerprint density at radius 2 is 1.77 bits per heavy atom. The van der Waals surface area contributed by atoms with Crippen LogP contribution in [-0.2, 0) is 14.8 Å². The Morgan fingerprint density at radius 1 is 1.13 bits per heavy atom. The summed E-state index contributed by atoms with van der Waals surface area (Å²) in [4.78, 5) is 13.2. The normalized spacial score (nSPS) is 16.6. The number of carbonyl (C=O) groups is 1. The van der Waals surface area contributed by atoms with Gasteiger partial charge in [-0.3, -0.25) is 9.52 Å². The Balaban J connectivity index is 1.94. The van der Waals surface area contributed by atoms with Crippen molar-refractivity contribution in [2.45, 2.75) is 46.1 Å². The quantitative estimate of drug-likeness (QED) is 0.707. The minimum absolute atomic E-state index is 0.0543. The average Bonchev–Trinajstić information content (AvgIpc) is 3.13. The molecule has 0 saturated carbocycles. The highest BCUT2D eigenvalue weighted by Gasteiger charge is 2.35. The molecule has 0 aliphatic carbocycles. The SMILES string of the molecule is CCC(CC)C(=O)N1N=C(c2ccc(NS(C)(=O)=O)cc2)C[C@@H]1c1ccccc1C. The Labute approximate surface area is 179 Å². The number of anilines is 1. The molecule has 0 radical (unpaired) electrons. The van der Waals surface area contributed by atoms with Crippen molar-refractivity contribution in [2.75, 3.05) is 11.0 Å². The van der Waals surface area contributed by atoms with Gasteiger partial charge in [-0.05, 0) is 48.6 Å². The van der Waals surface area contributed by atoms with Crippen LogP contribution in [0.2, 0.25) is 0 Å². The Bertz CT molecular complexity index is 1040. The van der Waals surface area contributed by atoms with Crippen LogP contribution in [0.1, 0.15) is 55.8 Å². The first kappa shape index (κ1) is 22.0. The van der Waals surface area contributed by atoms with E-state index in [1.807, 2.05) is 38.1 Å². The van der Waals surface area contributed by atoms with Crippen molar-refractivity contribution in [1.82, 2.24) is 5.01 Å². The zero-order chi connectivity index (χ0) is 21.9. The monoisotopic (exact) mass is 427 g/mol. The molecule has 6 nitrogen and oxygen atoms in total. The van der Waals surface area contributed by atoms with E-state index in [-0.39, 0.29) is 17.9 Å². The maximum atomic E-state index is 13.2. The number of amides is 1. The fraction of sp³-hybridized carbons (Fsp3) is 0.391. The van der Waals surface area contributed by atoms with Crippen molar-refractivity contribution < 1.29 is 13.2 Å². The standard InChI is InChI=1S/C23H29N3O3S/c1-5-17(6-2)23(27)26-22(20-10-8-7-9-16(20)3)15-21(24-26)18-11-13-19(14-12-18)25-30(4,28)29/h7-14,17,22,25H,5-6,15H2,1-4H3/t22-/m1/s1. The molecule has 1 aliphatic rings. The number of hydrazone groups is 1. The summed E-state index contributed by atoms with van der Waals surface area (Å²) in [5.41, 5.74) is 4.45. The second-order valence-corrected chi connectivity index (χ2v) is 9.52. The fourth-order valence-corrected chi connectivity index (χ4v) is 4.42. The van der Waals surface area contributed by atoms with Gasteiger partial charge in [0.2, 0.25) is 15.9 Å². The Hall–Kier alpha value is -2.67. The number of hydrogen-bond donors (Lipinski definition) is 1. The lowest BCUT2D eigenvalue weighted by Crippen LogP contribution is -2.32. The molecular formula is C23H29N3O3S. The van der Waals surface area contributed by atoms with Gasteiger partial charge < -0.3 is 0 Å². The third-order valence-electron chi connectivity index (χ3n) is 5.54. The summed E-state index contributed by atoms with van der Waals surface area (Å²) in [7, 11) is -3.33. The summed E-state index contributed by atoms with van der Waals surface area (Å²) in [6.07, 6.45) is 3.30. The molecule has 1 atom stereocenters. The molecule has 7 heteroatoms. The molecule has 2 aromatic carbocycles. The molecule has 0 unspecified atom stereocenters. The first-order valence-electron chi connectivity index (χ1n) is 10.3. The number of benzene rings is 2. The van der Waals surface area contributed by atoms with Gasteiger partial charge in [0.1, 0.15) is 0 Å². The van der Waals surface area contributed by atoms with Gasteiger partial charge in [0.25, 0.3) is 0 Å². The number of nitrogens with zero attached hydrogens (tertiary/aromatic N) is 2. The highest BCUT2D eigenvalue weighted by atomic mass is 32.2. The van der Waals surface area contributed by atoms with Crippen LogP contribution >= 0.6 is 0 Å². The Morgan fingerprint density at radius 3 is 2.33 bits per heavy atom. The lowest BCUT2D eigenvalue weighted by molar-refractivity contribution is -0.137. The van der Waals surface area contributed by atoms with Crippen molar-refractivity contribution in [3.63, 3.8) is 0 Å². The second-order valence-electron chi connectivity index (χ2n) is 7.77. The van der Waals surface area contributed by atoms with Crippen LogP contribution in [0.25, 0.3) is 0 Å². The maximum Gasteiger partial charge on any atom is 0.246 e. The van der Waals surface area contributed by atoms with Gasteiger partial charge in [-0.15, -0.1) is 0 Å². The largest absolute Gasteiger partial charge is 0.284 e. The number of nitrogens with one attached hydrogen (secondary N) is 1. The minimum Gasteiger partial charge on any atom is -0.284 e. The summed E-state index contributed by atoms with van der Waals surface area (Å²) in [6.45, 7) is 6.12. The van der Waals surface area contributed by atoms with Gasteiger partial charge in [0.15, 0.2) is 0 Å². The lowest BCUT2D eigenvalue weighted by atomic mass is 9.94. The topological polar surface area (TPSA) is 78.8 Å². The summed E-state index contributed by atoms with van der Waals surface area (Å²) in [5.74, 6) is -0.000397. The molecular weight excluding hydrogens is 398 g/mol. The minimum atomic E-state index is -3.33. The van der Waals surface area contributed by atoms with Crippen molar-refractivity contribution >= 4 is 27.3 Å². The molecule has 3 rings (SSSR count). The van der Waals surface area contributed by atoms with Crippen molar-refractivity contribution in [3.8, 4) is 0 Å². The van der Waals surface area contributed by atoms with Gasteiger partial charge in [0.05, 0.1) is 18.0 Å². The Kier molecular flexibility index (Phi) is 6.61. The highest BCUT2D eigenvalue weighted by molar-refractivity contribution is 7.92. The third-order valence-corrected chi connectivity index (χ3v) is 6.15. The van der Waals surface area contributed by atoms with E-state index in [2.05, 4.69) is 23.8 Å². The molecule has 1 heterocycles. The van der Waals surface area contributed by atoms with E-state index in [1.54, 1.807) is 17.1 Å². The van der Waals surface area contributed by atoms with Gasteiger partial charge in [-0.25, -0.2) is 13.4 Å². The van der Waals surface area contributed by atoms with Gasteiger partial charge >= 0.3 is 0 Å². The predicted octanol–water partition coefficient (Wildman–Crippen LogP) is 4.48. The molecule has 0 fully saturated rings. The second kappa shape index (κ2) is 9.00. The molecule has 1 amide bonds. The molecule has 160 valence electrons. The zero-order valence-electron chi connectivity index (χ0n) is 17.9. The summed E-state index contributed by atoms with van der Waals surface area (Å²) < 4.78 is 25.3.